The molecule has 0 spiro atoms. The van der Waals surface area contributed by atoms with Gasteiger partial charge in [0.1, 0.15) is 0 Å². The Morgan fingerprint density at radius 1 is 1.20 bits per heavy atom. The average molecular weight is 427 g/mol. The fourth-order valence-corrected chi connectivity index (χ4v) is 3.73. The van der Waals surface area contributed by atoms with Crippen molar-refractivity contribution in [3.8, 4) is 0 Å². The van der Waals surface area contributed by atoms with Crippen molar-refractivity contribution < 1.29 is 13.2 Å². The van der Waals surface area contributed by atoms with Crippen molar-refractivity contribution in [2.75, 3.05) is 11.6 Å². The van der Waals surface area contributed by atoms with Crippen LogP contribution in [0.2, 0.25) is 0 Å². The smallest absolute Gasteiger partial charge is 0.274 e. The summed E-state index contributed by atoms with van der Waals surface area (Å²) in [6.45, 7) is 0.532. The molecule has 8 heteroatoms. The van der Waals surface area contributed by atoms with Gasteiger partial charge in [0.15, 0.2) is 21.3 Å². The van der Waals surface area contributed by atoms with Crippen molar-refractivity contribution in [2.45, 2.75) is 44.2 Å². The summed E-state index contributed by atoms with van der Waals surface area (Å²) in [5, 5.41) is 7.36. The van der Waals surface area contributed by atoms with E-state index >= 15 is 0 Å². The van der Waals surface area contributed by atoms with E-state index in [0.29, 0.717) is 18.3 Å². The van der Waals surface area contributed by atoms with Crippen LogP contribution in [0.5, 0.6) is 0 Å². The summed E-state index contributed by atoms with van der Waals surface area (Å²) < 4.78 is 23.0. The van der Waals surface area contributed by atoms with Gasteiger partial charge in [-0.1, -0.05) is 36.4 Å². The van der Waals surface area contributed by atoms with E-state index in [-0.39, 0.29) is 23.6 Å². The summed E-state index contributed by atoms with van der Waals surface area (Å²) in [5.41, 5.74) is 2.21. The Kier molecular flexibility index (Phi) is 5.85. The number of aromatic nitrogens is 2. The molecule has 0 radical (unpaired) electrons. The summed E-state index contributed by atoms with van der Waals surface area (Å²) in [4.78, 5) is 22.1. The zero-order valence-corrected chi connectivity index (χ0v) is 17.7. The van der Waals surface area contributed by atoms with Crippen LogP contribution < -0.4 is 10.6 Å². The molecule has 1 aromatic carbocycles. The highest BCUT2D eigenvalue weighted by Gasteiger charge is 2.32. The van der Waals surface area contributed by atoms with E-state index in [1.165, 1.54) is 0 Å². The summed E-state index contributed by atoms with van der Waals surface area (Å²) in [6, 6.07) is 9.56. The van der Waals surface area contributed by atoms with Crippen molar-refractivity contribution in [1.82, 2.24) is 15.3 Å². The van der Waals surface area contributed by atoms with Crippen LogP contribution in [-0.4, -0.2) is 36.6 Å². The first-order valence-electron chi connectivity index (χ1n) is 10.2. The molecule has 2 aliphatic rings. The summed E-state index contributed by atoms with van der Waals surface area (Å²) in [7, 11) is -3.25. The largest absolute Gasteiger partial charge is 0.364 e. The highest BCUT2D eigenvalue weighted by molar-refractivity contribution is 7.93. The molecule has 2 saturated carbocycles. The Morgan fingerprint density at radius 3 is 2.57 bits per heavy atom. The molecule has 0 saturated heterocycles. The number of anilines is 1. The van der Waals surface area contributed by atoms with Crippen LogP contribution in [0.1, 0.15) is 53.3 Å². The number of nitrogens with one attached hydrogen (secondary N) is 2. The fourth-order valence-electron chi connectivity index (χ4n) is 3.28. The summed E-state index contributed by atoms with van der Waals surface area (Å²) in [6.07, 6.45) is 8.50. The number of rotatable bonds is 9. The van der Waals surface area contributed by atoms with Crippen LogP contribution in [0.25, 0.3) is 0 Å². The third-order valence-electron chi connectivity index (χ3n) is 5.27. The van der Waals surface area contributed by atoms with E-state index in [0.717, 1.165) is 48.6 Å². The molecule has 0 unspecified atom stereocenters. The lowest BCUT2D eigenvalue weighted by Gasteiger charge is -2.16. The minimum atomic E-state index is -3.25. The van der Waals surface area contributed by atoms with E-state index < -0.39 is 9.84 Å². The van der Waals surface area contributed by atoms with Crippen LogP contribution in [0.15, 0.2) is 48.0 Å². The lowest BCUT2D eigenvalue weighted by atomic mass is 10.1. The Morgan fingerprint density at radius 2 is 1.93 bits per heavy atom. The third-order valence-corrected chi connectivity index (χ3v) is 5.92. The van der Waals surface area contributed by atoms with Gasteiger partial charge in [-0.15, -0.1) is 0 Å². The van der Waals surface area contributed by atoms with Gasteiger partial charge in [0.25, 0.3) is 5.91 Å². The Balaban J connectivity index is 1.53. The molecule has 1 atom stereocenters. The predicted molar refractivity (Wildman–Crippen MR) is 116 cm³/mol. The van der Waals surface area contributed by atoms with Crippen molar-refractivity contribution in [3.05, 3.63) is 65.0 Å². The zero-order valence-electron chi connectivity index (χ0n) is 16.9. The number of carbonyl (C=O) groups excluding carboxylic acids is 1. The molecular weight excluding hydrogens is 400 g/mol. The van der Waals surface area contributed by atoms with Crippen LogP contribution >= 0.6 is 0 Å². The number of carbonyl (C=O) groups is 1. The molecule has 4 rings (SSSR count). The topological polar surface area (TPSA) is 101 Å². The van der Waals surface area contributed by atoms with Gasteiger partial charge in [-0.3, -0.25) is 4.79 Å². The predicted octanol–water partition coefficient (Wildman–Crippen LogP) is 3.03. The van der Waals surface area contributed by atoms with Gasteiger partial charge in [0.05, 0.1) is 11.7 Å². The first-order chi connectivity index (χ1) is 14.4. The third kappa shape index (κ3) is 5.66. The second-order valence-electron chi connectivity index (χ2n) is 8.10. The first-order valence-corrected chi connectivity index (χ1v) is 12.2. The maximum atomic E-state index is 13.0. The highest BCUT2D eigenvalue weighted by atomic mass is 32.2. The van der Waals surface area contributed by atoms with E-state index in [4.69, 9.17) is 0 Å². The van der Waals surface area contributed by atoms with Crippen molar-refractivity contribution in [3.63, 3.8) is 0 Å². The number of benzene rings is 1. The Labute approximate surface area is 176 Å². The van der Waals surface area contributed by atoms with E-state index in [1.807, 2.05) is 30.3 Å². The van der Waals surface area contributed by atoms with E-state index in [9.17, 15) is 13.2 Å². The van der Waals surface area contributed by atoms with E-state index in [1.54, 1.807) is 12.3 Å². The standard InChI is InChI=1S/C22H26N4O3S/c1-30(28,29)12-11-18(16-7-8-16)26-22(27)20-21(24-13-15-5-3-2-4-6-15)25-19(14-23-20)17-9-10-17/h2-6,11-12,14,16-18H,7-10,13H2,1H3,(H,24,25)(H,26,27)/b12-11+/t18-/m1/s1. The SMILES string of the molecule is CS(=O)(=O)/C=C/[C@@H](NC(=O)c1ncc(C2CC2)nc1NCc1ccccc1)C1CC1. The molecule has 2 fully saturated rings. The normalized spacial score (nSPS) is 17.6. The van der Waals surface area contributed by atoms with Crippen molar-refractivity contribution in [1.29, 1.82) is 0 Å². The molecule has 2 N–H and O–H groups in total. The summed E-state index contributed by atoms with van der Waals surface area (Å²) >= 11 is 0. The number of hydrogen-bond acceptors (Lipinski definition) is 6. The van der Waals surface area contributed by atoms with Crippen LogP contribution in [0.4, 0.5) is 5.82 Å². The van der Waals surface area contributed by atoms with Gasteiger partial charge in [-0.2, -0.15) is 0 Å². The average Bonchev–Trinajstić information content (AvgIpc) is 3.62. The quantitative estimate of drug-likeness (QED) is 0.639. The Hall–Kier alpha value is -2.74. The van der Waals surface area contributed by atoms with Crippen molar-refractivity contribution >= 4 is 21.6 Å². The monoisotopic (exact) mass is 426 g/mol. The number of hydrogen-bond donors (Lipinski definition) is 2. The molecule has 1 amide bonds. The lowest BCUT2D eigenvalue weighted by molar-refractivity contribution is 0.0936. The van der Waals surface area contributed by atoms with Gasteiger partial charge in [0, 0.05) is 30.3 Å². The minimum absolute atomic E-state index is 0.230. The zero-order chi connectivity index (χ0) is 21.1. The van der Waals surface area contributed by atoms with Crippen LogP contribution in [-0.2, 0) is 16.4 Å². The lowest BCUT2D eigenvalue weighted by Crippen LogP contribution is -2.36. The Bertz CT molecular complexity index is 1050. The first kappa shape index (κ1) is 20.5. The molecule has 2 aromatic rings. The fraction of sp³-hybridized carbons (Fsp3) is 0.409. The van der Waals surface area contributed by atoms with Crippen LogP contribution in [0.3, 0.4) is 0 Å². The number of sulfone groups is 1. The van der Waals surface area contributed by atoms with E-state index in [2.05, 4.69) is 20.6 Å². The van der Waals surface area contributed by atoms with Gasteiger partial charge < -0.3 is 10.6 Å². The maximum Gasteiger partial charge on any atom is 0.274 e. The molecule has 0 bridgehead atoms. The van der Waals surface area contributed by atoms with Gasteiger partial charge in [0.2, 0.25) is 0 Å². The van der Waals surface area contributed by atoms with Gasteiger partial charge in [-0.25, -0.2) is 18.4 Å². The molecule has 1 heterocycles. The van der Waals surface area contributed by atoms with Crippen LogP contribution in [0, 0.1) is 5.92 Å². The van der Waals surface area contributed by atoms with Crippen molar-refractivity contribution in [2.24, 2.45) is 5.92 Å². The molecular formula is C22H26N4O3S. The maximum absolute atomic E-state index is 13.0. The molecule has 158 valence electrons. The number of nitrogens with zero attached hydrogens (tertiary/aromatic N) is 2. The molecule has 1 aromatic heterocycles. The second kappa shape index (κ2) is 8.55. The molecule has 0 aliphatic heterocycles. The second-order valence-corrected chi connectivity index (χ2v) is 10.0. The molecule has 30 heavy (non-hydrogen) atoms. The molecule has 2 aliphatic carbocycles. The number of amides is 1. The van der Waals surface area contributed by atoms with Gasteiger partial charge in [-0.05, 0) is 37.2 Å². The molecule has 7 nitrogen and oxygen atoms in total. The van der Waals surface area contributed by atoms with Gasteiger partial charge >= 0.3 is 0 Å². The minimum Gasteiger partial charge on any atom is -0.364 e. The highest BCUT2D eigenvalue weighted by Crippen LogP contribution is 2.39. The summed E-state index contributed by atoms with van der Waals surface area (Å²) in [5.74, 6) is 0.785.